The van der Waals surface area contributed by atoms with E-state index in [0.717, 1.165) is 36.3 Å². The second-order valence-electron chi connectivity index (χ2n) is 7.14. The molecule has 7 heteroatoms. The molecule has 0 saturated heterocycles. The average Bonchev–Trinajstić information content (AvgIpc) is 3.06. The normalized spacial score (nSPS) is 20.3. The van der Waals surface area contributed by atoms with Gasteiger partial charge in [0, 0.05) is 23.9 Å². The molecule has 1 fully saturated rings. The Kier molecular flexibility index (Phi) is 3.25. The summed E-state index contributed by atoms with van der Waals surface area (Å²) in [5, 5.41) is 7.41. The van der Waals surface area contributed by atoms with Crippen molar-refractivity contribution in [1.29, 1.82) is 0 Å². The number of para-hydroxylation sites is 1. The van der Waals surface area contributed by atoms with Crippen molar-refractivity contribution in [1.82, 2.24) is 24.9 Å². The number of benzene rings is 1. The van der Waals surface area contributed by atoms with Crippen molar-refractivity contribution in [3.63, 3.8) is 0 Å². The van der Waals surface area contributed by atoms with Crippen molar-refractivity contribution in [2.24, 2.45) is 0 Å². The van der Waals surface area contributed by atoms with Crippen LogP contribution in [0, 0.1) is 6.92 Å². The topological polar surface area (TPSA) is 81.4 Å². The number of amides is 1. The second kappa shape index (κ2) is 5.52. The van der Waals surface area contributed by atoms with Crippen LogP contribution in [0.3, 0.4) is 0 Å². The van der Waals surface area contributed by atoms with Gasteiger partial charge in [0.15, 0.2) is 0 Å². The van der Waals surface area contributed by atoms with E-state index in [1.807, 2.05) is 37.3 Å². The Morgan fingerprint density at radius 2 is 2.15 bits per heavy atom. The van der Waals surface area contributed by atoms with Gasteiger partial charge < -0.3 is 10.1 Å². The fourth-order valence-electron chi connectivity index (χ4n) is 3.85. The van der Waals surface area contributed by atoms with E-state index in [9.17, 15) is 4.79 Å². The molecule has 0 radical (unpaired) electrons. The lowest BCUT2D eigenvalue weighted by Gasteiger charge is -2.47. The van der Waals surface area contributed by atoms with Crippen LogP contribution in [-0.4, -0.2) is 31.1 Å². The third-order valence-corrected chi connectivity index (χ3v) is 5.40. The van der Waals surface area contributed by atoms with Gasteiger partial charge >= 0.3 is 0 Å². The molecule has 132 valence electrons. The minimum Gasteiger partial charge on any atom is -0.487 e. The van der Waals surface area contributed by atoms with Crippen molar-refractivity contribution in [3.05, 3.63) is 53.6 Å². The maximum atomic E-state index is 12.8. The minimum atomic E-state index is -0.286. The molecular weight excluding hydrogens is 330 g/mol. The van der Waals surface area contributed by atoms with E-state index in [-0.39, 0.29) is 23.4 Å². The predicted molar refractivity (Wildman–Crippen MR) is 94.0 cm³/mol. The molecule has 1 aromatic carbocycles. The Hall–Kier alpha value is -2.96. The molecule has 7 nitrogen and oxygen atoms in total. The SMILES string of the molecule is Cc1ccnc2nc(C(=O)N[C@@H]3CC4(CCC4)Oc4ccccc43)nn12. The van der Waals surface area contributed by atoms with Crippen LogP contribution in [-0.2, 0) is 0 Å². The monoisotopic (exact) mass is 349 g/mol. The highest BCUT2D eigenvalue weighted by atomic mass is 16.5. The first kappa shape index (κ1) is 15.3. The van der Waals surface area contributed by atoms with Gasteiger partial charge in [-0.25, -0.2) is 9.50 Å². The van der Waals surface area contributed by atoms with Crippen molar-refractivity contribution in [2.45, 2.75) is 44.2 Å². The van der Waals surface area contributed by atoms with Gasteiger partial charge in [0.2, 0.25) is 5.82 Å². The van der Waals surface area contributed by atoms with Gasteiger partial charge in [-0.05, 0) is 38.3 Å². The second-order valence-corrected chi connectivity index (χ2v) is 7.14. The van der Waals surface area contributed by atoms with E-state index >= 15 is 0 Å². The zero-order valence-electron chi connectivity index (χ0n) is 14.5. The van der Waals surface area contributed by atoms with Crippen LogP contribution in [0.4, 0.5) is 0 Å². The van der Waals surface area contributed by atoms with E-state index in [0.29, 0.717) is 5.78 Å². The van der Waals surface area contributed by atoms with Crippen LogP contribution in [0.1, 0.15) is 53.6 Å². The third-order valence-electron chi connectivity index (χ3n) is 5.40. The maximum absolute atomic E-state index is 12.8. The van der Waals surface area contributed by atoms with Gasteiger partial charge in [-0.15, -0.1) is 5.10 Å². The molecule has 1 atom stereocenters. The zero-order chi connectivity index (χ0) is 17.7. The maximum Gasteiger partial charge on any atom is 0.291 e. The summed E-state index contributed by atoms with van der Waals surface area (Å²) in [6.45, 7) is 1.90. The van der Waals surface area contributed by atoms with Gasteiger partial charge in [-0.3, -0.25) is 4.79 Å². The summed E-state index contributed by atoms with van der Waals surface area (Å²) in [5.74, 6) is 1.15. The fraction of sp³-hybridized carbons (Fsp3) is 0.368. The molecule has 0 bridgehead atoms. The summed E-state index contributed by atoms with van der Waals surface area (Å²) >= 11 is 0. The van der Waals surface area contributed by atoms with E-state index in [4.69, 9.17) is 4.74 Å². The Morgan fingerprint density at radius 3 is 2.92 bits per heavy atom. The number of nitrogens with zero attached hydrogens (tertiary/aromatic N) is 4. The number of nitrogens with one attached hydrogen (secondary N) is 1. The van der Waals surface area contributed by atoms with Crippen LogP contribution in [0.2, 0.25) is 0 Å². The van der Waals surface area contributed by atoms with Crippen LogP contribution < -0.4 is 10.1 Å². The van der Waals surface area contributed by atoms with Crippen molar-refractivity contribution >= 4 is 11.7 Å². The zero-order valence-corrected chi connectivity index (χ0v) is 14.5. The highest BCUT2D eigenvalue weighted by molar-refractivity contribution is 5.91. The Morgan fingerprint density at radius 1 is 1.31 bits per heavy atom. The number of carbonyl (C=O) groups excluding carboxylic acids is 1. The Balaban J connectivity index is 1.46. The molecule has 3 aromatic rings. The molecule has 1 aliphatic heterocycles. The lowest BCUT2D eigenvalue weighted by atomic mass is 9.73. The Labute approximate surface area is 150 Å². The molecule has 5 rings (SSSR count). The van der Waals surface area contributed by atoms with Gasteiger partial charge in [0.05, 0.1) is 6.04 Å². The largest absolute Gasteiger partial charge is 0.487 e. The summed E-state index contributed by atoms with van der Waals surface area (Å²) in [7, 11) is 0. The van der Waals surface area contributed by atoms with Gasteiger partial charge in [0.25, 0.3) is 11.7 Å². The highest BCUT2D eigenvalue weighted by Gasteiger charge is 2.46. The van der Waals surface area contributed by atoms with Gasteiger partial charge in [0.1, 0.15) is 11.4 Å². The molecule has 3 heterocycles. The lowest BCUT2D eigenvalue weighted by molar-refractivity contribution is -0.0360. The number of carbonyl (C=O) groups is 1. The summed E-state index contributed by atoms with van der Waals surface area (Å²) in [4.78, 5) is 21.2. The van der Waals surface area contributed by atoms with Crippen molar-refractivity contribution < 1.29 is 9.53 Å². The molecule has 0 unspecified atom stereocenters. The smallest absolute Gasteiger partial charge is 0.291 e. The van der Waals surface area contributed by atoms with Crippen LogP contribution in [0.25, 0.3) is 5.78 Å². The van der Waals surface area contributed by atoms with E-state index in [1.54, 1.807) is 10.7 Å². The summed E-state index contributed by atoms with van der Waals surface area (Å²) in [6.07, 6.45) is 5.67. The number of aromatic nitrogens is 4. The van der Waals surface area contributed by atoms with E-state index in [1.165, 1.54) is 6.42 Å². The van der Waals surface area contributed by atoms with E-state index in [2.05, 4.69) is 20.4 Å². The van der Waals surface area contributed by atoms with Gasteiger partial charge in [-0.2, -0.15) is 4.98 Å². The first-order chi connectivity index (χ1) is 12.6. The Bertz CT molecular complexity index is 1010. The number of ether oxygens (including phenoxy) is 1. The molecule has 2 aliphatic rings. The van der Waals surface area contributed by atoms with Crippen LogP contribution in [0.15, 0.2) is 36.5 Å². The average molecular weight is 349 g/mol. The standard InChI is InChI=1S/C19H19N5O2/c1-12-7-10-20-18-22-16(23-24(12)18)17(25)21-14-11-19(8-4-9-19)26-15-6-3-2-5-13(14)15/h2-3,5-7,10,14H,4,8-9,11H2,1H3,(H,21,25)/t14-/m1/s1. The van der Waals surface area contributed by atoms with Crippen LogP contribution in [0.5, 0.6) is 5.75 Å². The lowest BCUT2D eigenvalue weighted by Crippen LogP contribution is -2.49. The number of fused-ring (bicyclic) bond motifs is 2. The number of aryl methyl sites for hydroxylation is 1. The predicted octanol–water partition coefficient (Wildman–Crippen LogP) is 2.61. The molecule has 26 heavy (non-hydrogen) atoms. The first-order valence-corrected chi connectivity index (χ1v) is 8.91. The number of hydrogen-bond acceptors (Lipinski definition) is 5. The minimum absolute atomic E-state index is 0.103. The molecule has 2 aromatic heterocycles. The number of rotatable bonds is 2. The molecule has 1 aliphatic carbocycles. The van der Waals surface area contributed by atoms with Gasteiger partial charge in [-0.1, -0.05) is 18.2 Å². The number of hydrogen-bond donors (Lipinski definition) is 1. The van der Waals surface area contributed by atoms with Crippen LogP contribution >= 0.6 is 0 Å². The fourth-order valence-corrected chi connectivity index (χ4v) is 3.85. The third kappa shape index (κ3) is 2.34. The summed E-state index contributed by atoms with van der Waals surface area (Å²) in [6, 6.07) is 9.65. The molecular formula is C19H19N5O2. The van der Waals surface area contributed by atoms with E-state index < -0.39 is 0 Å². The first-order valence-electron chi connectivity index (χ1n) is 8.91. The molecule has 1 spiro atoms. The molecule has 1 saturated carbocycles. The summed E-state index contributed by atoms with van der Waals surface area (Å²) < 4.78 is 7.82. The van der Waals surface area contributed by atoms with Crippen molar-refractivity contribution in [2.75, 3.05) is 0 Å². The molecule has 1 N–H and O–H groups in total. The highest BCUT2D eigenvalue weighted by Crippen LogP contribution is 2.48. The van der Waals surface area contributed by atoms with Crippen molar-refractivity contribution in [3.8, 4) is 5.75 Å². The molecule has 1 amide bonds. The quantitative estimate of drug-likeness (QED) is 0.769. The summed E-state index contributed by atoms with van der Waals surface area (Å²) in [5.41, 5.74) is 1.75.